The van der Waals surface area contributed by atoms with E-state index in [-0.39, 0.29) is 5.97 Å². The Morgan fingerprint density at radius 1 is 1.11 bits per heavy atom. The van der Waals surface area contributed by atoms with Crippen LogP contribution in [0.1, 0.15) is 17.3 Å². The fourth-order valence-corrected chi connectivity index (χ4v) is 2.56. The molecule has 28 heavy (non-hydrogen) atoms. The zero-order chi connectivity index (χ0) is 19.8. The summed E-state index contributed by atoms with van der Waals surface area (Å²) in [5.74, 6) is 0.809. The van der Waals surface area contributed by atoms with E-state index in [2.05, 4.69) is 27.2 Å². The summed E-state index contributed by atoms with van der Waals surface area (Å²) in [6.45, 7) is 6.45. The Bertz CT molecular complexity index is 941. The van der Waals surface area contributed by atoms with E-state index in [9.17, 15) is 4.79 Å². The number of aromatic nitrogens is 2. The van der Waals surface area contributed by atoms with Crippen LogP contribution in [-0.4, -0.2) is 29.1 Å². The minimum Gasteiger partial charge on any atom is -0.462 e. The van der Waals surface area contributed by atoms with Crippen molar-refractivity contribution in [1.82, 2.24) is 9.97 Å². The average Bonchev–Trinajstić information content (AvgIpc) is 2.73. The first-order valence-corrected chi connectivity index (χ1v) is 9.03. The maximum atomic E-state index is 11.8. The van der Waals surface area contributed by atoms with Gasteiger partial charge in [0.15, 0.2) is 0 Å². The normalized spacial score (nSPS) is 10.2. The van der Waals surface area contributed by atoms with E-state index in [1.54, 1.807) is 37.3 Å². The first-order valence-electron chi connectivity index (χ1n) is 9.03. The van der Waals surface area contributed by atoms with Gasteiger partial charge in [-0.25, -0.2) is 9.78 Å². The molecule has 142 valence electrons. The third-order valence-electron chi connectivity index (χ3n) is 3.88. The van der Waals surface area contributed by atoms with Gasteiger partial charge in [0.25, 0.3) is 0 Å². The summed E-state index contributed by atoms with van der Waals surface area (Å²) in [7, 11) is 0. The van der Waals surface area contributed by atoms with Gasteiger partial charge in [0.05, 0.1) is 17.9 Å². The molecule has 3 aromatic rings. The van der Waals surface area contributed by atoms with Crippen LogP contribution in [0.4, 0.5) is 17.5 Å². The zero-order valence-corrected chi connectivity index (χ0v) is 15.7. The summed E-state index contributed by atoms with van der Waals surface area (Å²) in [6.07, 6.45) is 1.77. The molecule has 0 aliphatic heterocycles. The Kier molecular flexibility index (Phi) is 6.36. The highest BCUT2D eigenvalue weighted by Crippen LogP contribution is 2.23. The first kappa shape index (κ1) is 19.1. The highest BCUT2D eigenvalue weighted by atomic mass is 16.5. The molecule has 0 aliphatic carbocycles. The summed E-state index contributed by atoms with van der Waals surface area (Å²) in [5.41, 5.74) is 3.06. The molecule has 2 N–H and O–H groups in total. The van der Waals surface area contributed by atoms with Crippen LogP contribution in [0.15, 0.2) is 73.3 Å². The van der Waals surface area contributed by atoms with Crippen molar-refractivity contribution < 1.29 is 9.53 Å². The highest BCUT2D eigenvalue weighted by Gasteiger charge is 2.09. The number of benzene rings is 2. The third-order valence-corrected chi connectivity index (χ3v) is 3.88. The van der Waals surface area contributed by atoms with Crippen molar-refractivity contribution in [1.29, 1.82) is 0 Å². The Labute approximate surface area is 164 Å². The van der Waals surface area contributed by atoms with Crippen LogP contribution < -0.4 is 10.6 Å². The minimum absolute atomic E-state index is 0.340. The van der Waals surface area contributed by atoms with E-state index in [0.717, 1.165) is 16.9 Å². The molecule has 0 amide bonds. The van der Waals surface area contributed by atoms with Crippen molar-refractivity contribution in [3.05, 3.63) is 78.9 Å². The molecule has 0 saturated carbocycles. The molecule has 2 aromatic carbocycles. The largest absolute Gasteiger partial charge is 0.462 e. The minimum atomic E-state index is -0.340. The maximum absolute atomic E-state index is 11.8. The number of nitrogens with one attached hydrogen (secondary N) is 2. The van der Waals surface area contributed by atoms with Crippen LogP contribution in [0.2, 0.25) is 0 Å². The number of hydrogen-bond acceptors (Lipinski definition) is 6. The quantitative estimate of drug-likeness (QED) is 0.441. The van der Waals surface area contributed by atoms with Gasteiger partial charge in [-0.15, -0.1) is 6.58 Å². The molecular weight excluding hydrogens is 352 g/mol. The lowest BCUT2D eigenvalue weighted by Crippen LogP contribution is -2.06. The van der Waals surface area contributed by atoms with E-state index >= 15 is 0 Å². The lowest BCUT2D eigenvalue weighted by molar-refractivity contribution is 0.0526. The van der Waals surface area contributed by atoms with Crippen molar-refractivity contribution in [3.8, 4) is 11.3 Å². The number of rotatable bonds is 8. The summed E-state index contributed by atoms with van der Waals surface area (Å²) in [4.78, 5) is 20.9. The fourth-order valence-electron chi connectivity index (χ4n) is 2.56. The average molecular weight is 374 g/mol. The second-order valence-corrected chi connectivity index (χ2v) is 5.92. The fraction of sp³-hybridized carbons (Fsp3) is 0.136. The van der Waals surface area contributed by atoms with E-state index in [1.165, 1.54) is 0 Å². The van der Waals surface area contributed by atoms with E-state index in [4.69, 9.17) is 4.74 Å². The lowest BCUT2D eigenvalue weighted by atomic mass is 10.1. The van der Waals surface area contributed by atoms with Gasteiger partial charge in [-0.2, -0.15) is 4.98 Å². The predicted octanol–water partition coefficient (Wildman–Crippen LogP) is 4.66. The van der Waals surface area contributed by atoms with Crippen molar-refractivity contribution in [3.63, 3.8) is 0 Å². The number of carbonyl (C=O) groups excluding carboxylic acids is 1. The predicted molar refractivity (Wildman–Crippen MR) is 112 cm³/mol. The van der Waals surface area contributed by atoms with Gasteiger partial charge in [0.1, 0.15) is 5.82 Å². The lowest BCUT2D eigenvalue weighted by Gasteiger charge is -2.11. The number of hydrogen-bond donors (Lipinski definition) is 2. The molecule has 6 nitrogen and oxygen atoms in total. The summed E-state index contributed by atoms with van der Waals surface area (Å²) >= 11 is 0. The number of ether oxygens (including phenoxy) is 1. The second-order valence-electron chi connectivity index (χ2n) is 5.92. The van der Waals surface area contributed by atoms with E-state index < -0.39 is 0 Å². The molecule has 1 aromatic heterocycles. The first-order chi connectivity index (χ1) is 13.7. The van der Waals surface area contributed by atoms with Crippen molar-refractivity contribution in [2.24, 2.45) is 0 Å². The molecule has 0 bridgehead atoms. The molecule has 0 unspecified atom stereocenters. The molecule has 0 saturated heterocycles. The Morgan fingerprint density at radius 2 is 1.86 bits per heavy atom. The van der Waals surface area contributed by atoms with Crippen molar-refractivity contribution >= 4 is 23.4 Å². The van der Waals surface area contributed by atoms with Crippen LogP contribution >= 0.6 is 0 Å². The standard InChI is InChI=1S/C22H22N4O2/c1-3-14-23-20-15-19(16-8-6-5-7-9-16)25-22(26-20)24-18-12-10-17(11-13-18)21(27)28-4-2/h3,5-13,15H,1,4,14H2,2H3,(H2,23,24,25,26). The van der Waals surface area contributed by atoms with Crippen LogP contribution in [0.3, 0.4) is 0 Å². The third kappa shape index (κ3) is 4.94. The zero-order valence-electron chi connectivity index (χ0n) is 15.7. The van der Waals surface area contributed by atoms with Crippen molar-refractivity contribution in [2.75, 3.05) is 23.8 Å². The van der Waals surface area contributed by atoms with E-state index in [0.29, 0.717) is 30.5 Å². The molecule has 3 rings (SSSR count). The summed E-state index contributed by atoms with van der Waals surface area (Å²) in [6, 6.07) is 18.8. The van der Waals surface area contributed by atoms with Gasteiger partial charge in [0, 0.05) is 23.9 Å². The van der Waals surface area contributed by atoms with Gasteiger partial charge in [-0.1, -0.05) is 36.4 Å². The number of nitrogens with zero attached hydrogens (tertiary/aromatic N) is 2. The number of anilines is 3. The summed E-state index contributed by atoms with van der Waals surface area (Å²) < 4.78 is 5.00. The van der Waals surface area contributed by atoms with Crippen LogP contribution in [0.5, 0.6) is 0 Å². The number of esters is 1. The smallest absolute Gasteiger partial charge is 0.338 e. The van der Waals surface area contributed by atoms with Gasteiger partial charge >= 0.3 is 5.97 Å². The van der Waals surface area contributed by atoms with Gasteiger partial charge < -0.3 is 15.4 Å². The van der Waals surface area contributed by atoms with Gasteiger partial charge in [-0.3, -0.25) is 0 Å². The second kappa shape index (κ2) is 9.32. The van der Waals surface area contributed by atoms with Crippen LogP contribution in [0.25, 0.3) is 11.3 Å². The van der Waals surface area contributed by atoms with Crippen LogP contribution in [-0.2, 0) is 4.74 Å². The Balaban J connectivity index is 1.86. The Hall–Kier alpha value is -3.67. The summed E-state index contributed by atoms with van der Waals surface area (Å²) in [5, 5.41) is 6.39. The number of carbonyl (C=O) groups is 1. The Morgan fingerprint density at radius 3 is 2.54 bits per heavy atom. The topological polar surface area (TPSA) is 76.1 Å². The molecule has 1 heterocycles. The molecule has 0 radical (unpaired) electrons. The highest BCUT2D eigenvalue weighted by molar-refractivity contribution is 5.89. The van der Waals surface area contributed by atoms with Gasteiger partial charge in [-0.05, 0) is 31.2 Å². The molecular formula is C22H22N4O2. The SMILES string of the molecule is C=CCNc1cc(-c2ccccc2)nc(Nc2ccc(C(=O)OCC)cc2)n1. The maximum Gasteiger partial charge on any atom is 0.338 e. The van der Waals surface area contributed by atoms with E-state index in [1.807, 2.05) is 36.4 Å². The molecule has 0 spiro atoms. The monoisotopic (exact) mass is 374 g/mol. The van der Waals surface area contributed by atoms with Gasteiger partial charge in [0.2, 0.25) is 5.95 Å². The molecule has 0 fully saturated rings. The van der Waals surface area contributed by atoms with Crippen LogP contribution in [0, 0.1) is 0 Å². The molecule has 0 aliphatic rings. The van der Waals surface area contributed by atoms with Crippen molar-refractivity contribution in [2.45, 2.75) is 6.92 Å². The molecule has 6 heteroatoms. The molecule has 0 atom stereocenters.